The predicted molar refractivity (Wildman–Crippen MR) is 134 cm³/mol. The van der Waals surface area contributed by atoms with Gasteiger partial charge in [-0.05, 0) is 67.8 Å². The second-order valence-corrected chi connectivity index (χ2v) is 10.7. The van der Waals surface area contributed by atoms with E-state index in [1.54, 1.807) is 69.3 Å². The third-order valence-corrected chi connectivity index (χ3v) is 7.23. The molecule has 0 N–H and O–H groups in total. The first-order valence-corrected chi connectivity index (χ1v) is 12.2. The van der Waals surface area contributed by atoms with Crippen molar-refractivity contribution < 1.29 is 27.9 Å². The van der Waals surface area contributed by atoms with E-state index in [9.17, 15) is 23.2 Å². The molecule has 0 saturated heterocycles. The highest BCUT2D eigenvalue weighted by Gasteiger charge is 2.64. The van der Waals surface area contributed by atoms with Crippen molar-refractivity contribution in [2.24, 2.45) is 0 Å². The lowest BCUT2D eigenvalue weighted by Gasteiger charge is -2.46. The standard InChI is InChI=1S/C30H27F2NO4/c1-29(2,3)37-28(36)33-26-7-5-4-6-23(26)30(27(33)35)24(18-8-12-20(31)13-9-18)16-22(34)17-25(30)19-10-14-21(32)15-11-19/h4-15,24-25H,16-17H2,1-3H3/t24-,25-/m0/s1. The van der Waals surface area contributed by atoms with Crippen molar-refractivity contribution in [1.29, 1.82) is 0 Å². The van der Waals surface area contributed by atoms with E-state index in [1.165, 1.54) is 24.3 Å². The molecule has 0 unspecified atom stereocenters. The van der Waals surface area contributed by atoms with Gasteiger partial charge in [0.05, 0.1) is 11.1 Å². The van der Waals surface area contributed by atoms with E-state index >= 15 is 0 Å². The fourth-order valence-electron chi connectivity index (χ4n) is 5.85. The number of Topliss-reactive ketones (excluding diaryl/α,β-unsaturated/α-hetero) is 1. The lowest BCUT2D eigenvalue weighted by Crippen LogP contribution is -2.53. The summed E-state index contributed by atoms with van der Waals surface area (Å²) in [6, 6.07) is 18.5. The maximum atomic E-state index is 14.6. The third-order valence-electron chi connectivity index (χ3n) is 7.23. The molecule has 37 heavy (non-hydrogen) atoms. The number of nitrogens with zero attached hydrogens (tertiary/aromatic N) is 1. The number of ketones is 1. The number of hydrogen-bond donors (Lipinski definition) is 0. The van der Waals surface area contributed by atoms with E-state index in [0.717, 1.165) is 4.90 Å². The molecule has 1 heterocycles. The number of para-hydroxylation sites is 1. The number of halogens is 2. The van der Waals surface area contributed by atoms with Gasteiger partial charge in [-0.15, -0.1) is 0 Å². The number of carbonyl (C=O) groups excluding carboxylic acids is 3. The fraction of sp³-hybridized carbons (Fsp3) is 0.300. The molecule has 5 rings (SSSR count). The van der Waals surface area contributed by atoms with Crippen molar-refractivity contribution in [3.8, 4) is 0 Å². The maximum absolute atomic E-state index is 14.6. The number of rotatable bonds is 2. The summed E-state index contributed by atoms with van der Waals surface area (Å²) in [6.07, 6.45) is -0.744. The summed E-state index contributed by atoms with van der Waals surface area (Å²) in [4.78, 5) is 42.3. The Morgan fingerprint density at radius 2 is 1.32 bits per heavy atom. The molecular formula is C30H27F2NO4. The highest BCUT2D eigenvalue weighted by atomic mass is 19.1. The van der Waals surface area contributed by atoms with Crippen LogP contribution < -0.4 is 4.90 Å². The average Bonchev–Trinajstić information content (AvgIpc) is 3.09. The number of fused-ring (bicyclic) bond motifs is 2. The molecule has 2 aliphatic rings. The molecule has 1 aliphatic heterocycles. The zero-order valence-electron chi connectivity index (χ0n) is 20.8. The number of benzene rings is 3. The van der Waals surface area contributed by atoms with Gasteiger partial charge >= 0.3 is 6.09 Å². The van der Waals surface area contributed by atoms with Crippen LogP contribution >= 0.6 is 0 Å². The second-order valence-electron chi connectivity index (χ2n) is 10.7. The van der Waals surface area contributed by atoms with Gasteiger partial charge in [0.25, 0.3) is 0 Å². The van der Waals surface area contributed by atoms with Gasteiger partial charge in [-0.25, -0.2) is 18.5 Å². The molecule has 1 fully saturated rings. The summed E-state index contributed by atoms with van der Waals surface area (Å²) in [6.45, 7) is 5.15. The van der Waals surface area contributed by atoms with Crippen molar-refractivity contribution in [3.63, 3.8) is 0 Å². The summed E-state index contributed by atoms with van der Waals surface area (Å²) in [5, 5.41) is 0. The smallest absolute Gasteiger partial charge is 0.421 e. The van der Waals surface area contributed by atoms with Crippen molar-refractivity contribution in [2.45, 2.75) is 56.5 Å². The first-order valence-electron chi connectivity index (χ1n) is 12.2. The zero-order valence-corrected chi connectivity index (χ0v) is 20.8. The van der Waals surface area contributed by atoms with E-state index in [2.05, 4.69) is 0 Å². The Bertz CT molecular complexity index is 1320. The molecule has 0 radical (unpaired) electrons. The molecule has 2 atom stereocenters. The monoisotopic (exact) mass is 503 g/mol. The first-order chi connectivity index (χ1) is 17.5. The summed E-state index contributed by atoms with van der Waals surface area (Å²) < 4.78 is 33.4. The summed E-state index contributed by atoms with van der Waals surface area (Å²) in [5.74, 6) is -2.85. The number of imide groups is 1. The number of ether oxygens (including phenoxy) is 1. The van der Waals surface area contributed by atoms with E-state index in [1.807, 2.05) is 0 Å². The molecule has 1 aliphatic carbocycles. The largest absolute Gasteiger partial charge is 0.443 e. The van der Waals surface area contributed by atoms with Crippen LogP contribution in [0.1, 0.15) is 62.1 Å². The van der Waals surface area contributed by atoms with Gasteiger partial charge in [-0.3, -0.25) is 9.59 Å². The van der Waals surface area contributed by atoms with E-state index in [0.29, 0.717) is 22.4 Å². The molecule has 2 amide bonds. The summed E-state index contributed by atoms with van der Waals surface area (Å²) >= 11 is 0. The van der Waals surface area contributed by atoms with E-state index in [-0.39, 0.29) is 18.6 Å². The van der Waals surface area contributed by atoms with Crippen LogP contribution in [0, 0.1) is 11.6 Å². The van der Waals surface area contributed by atoms with Crippen LogP contribution in [0.4, 0.5) is 19.3 Å². The van der Waals surface area contributed by atoms with Crippen molar-refractivity contribution >= 4 is 23.5 Å². The quantitative estimate of drug-likeness (QED) is 0.405. The van der Waals surface area contributed by atoms with Crippen molar-refractivity contribution in [1.82, 2.24) is 0 Å². The number of amides is 2. The normalized spacial score (nSPS) is 20.7. The van der Waals surface area contributed by atoms with Gasteiger partial charge in [-0.2, -0.15) is 0 Å². The molecule has 1 spiro atoms. The van der Waals surface area contributed by atoms with Crippen molar-refractivity contribution in [2.75, 3.05) is 4.90 Å². The lowest BCUT2D eigenvalue weighted by atomic mass is 9.54. The summed E-state index contributed by atoms with van der Waals surface area (Å²) in [7, 11) is 0. The maximum Gasteiger partial charge on any atom is 0.421 e. The van der Waals surface area contributed by atoms with Gasteiger partial charge in [0.1, 0.15) is 23.0 Å². The lowest BCUT2D eigenvalue weighted by molar-refractivity contribution is -0.130. The molecule has 1 saturated carbocycles. The van der Waals surface area contributed by atoms with Gasteiger partial charge in [0.2, 0.25) is 5.91 Å². The molecule has 7 heteroatoms. The molecule has 3 aromatic carbocycles. The minimum absolute atomic E-state index is 0.0333. The number of carbonyl (C=O) groups is 3. The van der Waals surface area contributed by atoms with E-state index < -0.39 is 46.5 Å². The first kappa shape index (κ1) is 24.8. The fourth-order valence-corrected chi connectivity index (χ4v) is 5.85. The van der Waals surface area contributed by atoms with E-state index in [4.69, 9.17) is 4.74 Å². The van der Waals surface area contributed by atoms with Crippen LogP contribution in [0.2, 0.25) is 0 Å². The highest BCUT2D eigenvalue weighted by Crippen LogP contribution is 2.61. The van der Waals surface area contributed by atoms with Crippen molar-refractivity contribution in [3.05, 3.63) is 101 Å². The minimum atomic E-state index is -1.38. The number of anilines is 1. The van der Waals surface area contributed by atoms with Crippen LogP contribution in [0.5, 0.6) is 0 Å². The van der Waals surface area contributed by atoms with Crippen LogP contribution in [0.15, 0.2) is 72.8 Å². The zero-order chi connectivity index (χ0) is 26.5. The molecule has 190 valence electrons. The Kier molecular flexibility index (Phi) is 5.97. The molecular weight excluding hydrogens is 476 g/mol. The Labute approximate surface area is 214 Å². The van der Waals surface area contributed by atoms with Crippen LogP contribution in [-0.4, -0.2) is 23.4 Å². The van der Waals surface area contributed by atoms with Gasteiger partial charge in [0.15, 0.2) is 0 Å². The topological polar surface area (TPSA) is 63.7 Å². The minimum Gasteiger partial charge on any atom is -0.443 e. The van der Waals surface area contributed by atoms with Crippen LogP contribution in [-0.2, 0) is 19.7 Å². The second kappa shape index (κ2) is 8.91. The molecule has 0 bridgehead atoms. The highest BCUT2D eigenvalue weighted by molar-refractivity contribution is 6.22. The Balaban J connectivity index is 1.78. The summed E-state index contributed by atoms with van der Waals surface area (Å²) in [5.41, 5.74) is -0.0437. The Hall–Kier alpha value is -3.87. The Morgan fingerprint density at radius 3 is 1.81 bits per heavy atom. The van der Waals surface area contributed by atoms with Crippen LogP contribution in [0.25, 0.3) is 0 Å². The Morgan fingerprint density at radius 1 is 0.838 bits per heavy atom. The third kappa shape index (κ3) is 4.12. The molecule has 5 nitrogen and oxygen atoms in total. The average molecular weight is 504 g/mol. The molecule has 0 aromatic heterocycles. The van der Waals surface area contributed by atoms with Gasteiger partial charge in [-0.1, -0.05) is 42.5 Å². The predicted octanol–water partition coefficient (Wildman–Crippen LogP) is 6.41. The number of hydrogen-bond acceptors (Lipinski definition) is 4. The van der Waals surface area contributed by atoms with Gasteiger partial charge < -0.3 is 4.74 Å². The SMILES string of the molecule is CC(C)(C)OC(=O)N1C(=O)C2(c3ccccc31)[C@H](c1ccc(F)cc1)CC(=O)C[C@H]2c1ccc(F)cc1. The van der Waals surface area contributed by atoms with Crippen LogP contribution in [0.3, 0.4) is 0 Å². The molecule has 3 aromatic rings. The van der Waals surface area contributed by atoms with Gasteiger partial charge in [0, 0.05) is 24.7 Å².